The molecule has 3 rings (SSSR count). The summed E-state index contributed by atoms with van der Waals surface area (Å²) in [6.45, 7) is 7.13. The van der Waals surface area contributed by atoms with Gasteiger partial charge in [0.1, 0.15) is 5.82 Å². The zero-order valence-corrected chi connectivity index (χ0v) is 13.3. The summed E-state index contributed by atoms with van der Waals surface area (Å²) in [4.78, 5) is 11.4. The number of nitrogens with two attached hydrogens (primary N) is 1. The molecule has 0 saturated carbocycles. The maximum atomic E-state index is 5.63. The maximum Gasteiger partial charge on any atom is 0.177 e. The fraction of sp³-hybridized carbons (Fsp3) is 0.571. The number of aryl methyl sites for hydroxylation is 1. The van der Waals surface area contributed by atoms with Gasteiger partial charge in [0.25, 0.3) is 0 Å². The van der Waals surface area contributed by atoms with Crippen LogP contribution in [0, 0.1) is 12.8 Å². The number of rotatable bonds is 4. The lowest BCUT2D eigenvalue weighted by atomic mass is 10.1. The standard InChI is InChI=1S/C14H20BrN5/c1-10-18-14-13(6-12(15)7-17-14)20(10)9-11-2-4-19(8-11)5-3-16/h6-7,11H,2-5,8-9,16H2,1H3/t11-/m0/s1. The van der Waals surface area contributed by atoms with Gasteiger partial charge in [-0.3, -0.25) is 0 Å². The van der Waals surface area contributed by atoms with Crippen LogP contribution in [-0.2, 0) is 6.54 Å². The highest BCUT2D eigenvalue weighted by molar-refractivity contribution is 9.10. The summed E-state index contributed by atoms with van der Waals surface area (Å²) in [5, 5.41) is 0. The van der Waals surface area contributed by atoms with Crippen LogP contribution in [0.3, 0.4) is 0 Å². The van der Waals surface area contributed by atoms with Crippen LogP contribution >= 0.6 is 15.9 Å². The molecule has 5 nitrogen and oxygen atoms in total. The van der Waals surface area contributed by atoms with Crippen LogP contribution in [0.5, 0.6) is 0 Å². The van der Waals surface area contributed by atoms with Gasteiger partial charge >= 0.3 is 0 Å². The van der Waals surface area contributed by atoms with Gasteiger partial charge in [-0.25, -0.2) is 9.97 Å². The summed E-state index contributed by atoms with van der Waals surface area (Å²) < 4.78 is 3.30. The van der Waals surface area contributed by atoms with E-state index in [-0.39, 0.29) is 0 Å². The van der Waals surface area contributed by atoms with E-state index in [0.29, 0.717) is 5.92 Å². The highest BCUT2D eigenvalue weighted by atomic mass is 79.9. The molecule has 0 amide bonds. The Balaban J connectivity index is 1.81. The molecule has 0 spiro atoms. The van der Waals surface area contributed by atoms with E-state index in [0.717, 1.165) is 54.2 Å². The number of likely N-dealkylation sites (tertiary alicyclic amines) is 1. The fourth-order valence-corrected chi connectivity index (χ4v) is 3.35. The van der Waals surface area contributed by atoms with E-state index in [1.54, 1.807) is 6.20 Å². The molecular formula is C14H20BrN5. The number of imidazole rings is 1. The van der Waals surface area contributed by atoms with Gasteiger partial charge in [0.15, 0.2) is 5.65 Å². The highest BCUT2D eigenvalue weighted by Crippen LogP contribution is 2.23. The Morgan fingerprint density at radius 3 is 3.15 bits per heavy atom. The van der Waals surface area contributed by atoms with Crippen LogP contribution < -0.4 is 5.73 Å². The number of fused-ring (bicyclic) bond motifs is 1. The first-order chi connectivity index (χ1) is 9.67. The lowest BCUT2D eigenvalue weighted by molar-refractivity contribution is 0.325. The Hall–Kier alpha value is -0.980. The Morgan fingerprint density at radius 1 is 1.50 bits per heavy atom. The van der Waals surface area contributed by atoms with Crippen molar-refractivity contribution in [2.24, 2.45) is 11.7 Å². The Kier molecular flexibility index (Phi) is 4.05. The molecule has 0 aliphatic carbocycles. The molecule has 0 radical (unpaired) electrons. The third-order valence-electron chi connectivity index (χ3n) is 4.02. The van der Waals surface area contributed by atoms with Crippen molar-refractivity contribution >= 4 is 27.1 Å². The summed E-state index contributed by atoms with van der Waals surface area (Å²) in [5.41, 5.74) is 7.59. The van der Waals surface area contributed by atoms with Crippen LogP contribution in [0.25, 0.3) is 11.2 Å². The first kappa shape index (κ1) is 14.0. The molecule has 0 aromatic carbocycles. The Morgan fingerprint density at radius 2 is 2.35 bits per heavy atom. The van der Waals surface area contributed by atoms with Crippen molar-refractivity contribution in [3.8, 4) is 0 Å². The van der Waals surface area contributed by atoms with E-state index in [4.69, 9.17) is 5.73 Å². The lowest BCUT2D eigenvalue weighted by Crippen LogP contribution is -2.27. The van der Waals surface area contributed by atoms with Gasteiger partial charge in [0, 0.05) is 36.8 Å². The zero-order valence-electron chi connectivity index (χ0n) is 11.7. The van der Waals surface area contributed by atoms with Gasteiger partial charge in [-0.2, -0.15) is 0 Å². The molecule has 3 heterocycles. The minimum atomic E-state index is 0.677. The number of nitrogens with zero attached hydrogens (tertiary/aromatic N) is 4. The van der Waals surface area contributed by atoms with Crippen LogP contribution in [0.2, 0.25) is 0 Å². The second-order valence-electron chi connectivity index (χ2n) is 5.51. The van der Waals surface area contributed by atoms with Gasteiger partial charge in [0.05, 0.1) is 5.52 Å². The summed E-state index contributed by atoms with van der Waals surface area (Å²) in [6, 6.07) is 2.11. The van der Waals surface area contributed by atoms with E-state index in [1.165, 1.54) is 6.42 Å². The molecule has 2 N–H and O–H groups in total. The maximum absolute atomic E-state index is 5.63. The van der Waals surface area contributed by atoms with Crippen LogP contribution in [-0.4, -0.2) is 45.6 Å². The highest BCUT2D eigenvalue weighted by Gasteiger charge is 2.23. The van der Waals surface area contributed by atoms with E-state index < -0.39 is 0 Å². The van der Waals surface area contributed by atoms with Gasteiger partial charge < -0.3 is 15.2 Å². The molecule has 2 aromatic rings. The minimum Gasteiger partial charge on any atom is -0.329 e. The lowest BCUT2D eigenvalue weighted by Gasteiger charge is -2.16. The molecule has 6 heteroatoms. The first-order valence-electron chi connectivity index (χ1n) is 7.08. The Bertz CT molecular complexity index is 609. The average Bonchev–Trinajstić information content (AvgIpc) is 2.97. The van der Waals surface area contributed by atoms with Crippen LogP contribution in [0.4, 0.5) is 0 Å². The summed E-state index contributed by atoms with van der Waals surface area (Å²) >= 11 is 3.49. The molecule has 1 aliphatic rings. The molecule has 0 unspecified atom stereocenters. The molecular weight excluding hydrogens is 318 g/mol. The van der Waals surface area contributed by atoms with Crippen molar-refractivity contribution in [2.45, 2.75) is 19.9 Å². The number of aromatic nitrogens is 3. The summed E-state index contributed by atoms with van der Waals surface area (Å²) in [6.07, 6.45) is 3.04. The molecule has 1 fully saturated rings. The van der Waals surface area contributed by atoms with Gasteiger partial charge in [-0.1, -0.05) is 0 Å². The van der Waals surface area contributed by atoms with Gasteiger partial charge in [-0.05, 0) is 47.8 Å². The third kappa shape index (κ3) is 2.73. The van der Waals surface area contributed by atoms with Crippen molar-refractivity contribution in [3.05, 3.63) is 22.6 Å². The van der Waals surface area contributed by atoms with Crippen LogP contribution in [0.15, 0.2) is 16.7 Å². The van der Waals surface area contributed by atoms with E-state index in [1.807, 2.05) is 0 Å². The molecule has 108 valence electrons. The largest absolute Gasteiger partial charge is 0.329 e. The second kappa shape index (κ2) is 5.79. The quantitative estimate of drug-likeness (QED) is 0.923. The van der Waals surface area contributed by atoms with Crippen molar-refractivity contribution < 1.29 is 0 Å². The number of hydrogen-bond acceptors (Lipinski definition) is 4. The van der Waals surface area contributed by atoms with E-state index >= 15 is 0 Å². The molecule has 20 heavy (non-hydrogen) atoms. The Labute approximate surface area is 127 Å². The summed E-state index contributed by atoms with van der Waals surface area (Å²) in [7, 11) is 0. The molecule has 1 atom stereocenters. The second-order valence-corrected chi connectivity index (χ2v) is 6.43. The van der Waals surface area contributed by atoms with Crippen molar-refractivity contribution in [3.63, 3.8) is 0 Å². The van der Waals surface area contributed by atoms with Crippen molar-refractivity contribution in [2.75, 3.05) is 26.2 Å². The molecule has 0 bridgehead atoms. The molecule has 1 aliphatic heterocycles. The molecule has 1 saturated heterocycles. The molecule has 2 aromatic heterocycles. The first-order valence-corrected chi connectivity index (χ1v) is 7.87. The van der Waals surface area contributed by atoms with Crippen LogP contribution in [0.1, 0.15) is 12.2 Å². The topological polar surface area (TPSA) is 60.0 Å². The average molecular weight is 338 g/mol. The zero-order chi connectivity index (χ0) is 14.1. The predicted molar refractivity (Wildman–Crippen MR) is 83.6 cm³/mol. The van der Waals surface area contributed by atoms with Crippen molar-refractivity contribution in [1.29, 1.82) is 0 Å². The van der Waals surface area contributed by atoms with E-state index in [9.17, 15) is 0 Å². The normalized spacial score (nSPS) is 20.1. The minimum absolute atomic E-state index is 0.677. The number of halogens is 1. The predicted octanol–water partition coefficient (Wildman–Crippen LogP) is 1.78. The summed E-state index contributed by atoms with van der Waals surface area (Å²) in [5.74, 6) is 1.72. The number of hydrogen-bond donors (Lipinski definition) is 1. The monoisotopic (exact) mass is 337 g/mol. The van der Waals surface area contributed by atoms with Gasteiger partial charge in [-0.15, -0.1) is 0 Å². The smallest absolute Gasteiger partial charge is 0.177 e. The van der Waals surface area contributed by atoms with Crippen molar-refractivity contribution in [1.82, 2.24) is 19.4 Å². The fourth-order valence-electron chi connectivity index (χ4n) is 3.03. The van der Waals surface area contributed by atoms with Gasteiger partial charge in [0.2, 0.25) is 0 Å². The number of pyridine rings is 1. The SMILES string of the molecule is Cc1nc2ncc(Br)cc2n1C[C@H]1CCN(CCN)C1. The van der Waals surface area contributed by atoms with E-state index in [2.05, 4.69) is 48.4 Å². The third-order valence-corrected chi connectivity index (χ3v) is 4.45.